The van der Waals surface area contributed by atoms with Crippen molar-refractivity contribution in [1.82, 2.24) is 20.3 Å². The number of sulfonamides is 1. The zero-order chi connectivity index (χ0) is 21.3. The van der Waals surface area contributed by atoms with Crippen LogP contribution in [0.5, 0.6) is 0 Å². The molecule has 0 unspecified atom stereocenters. The van der Waals surface area contributed by atoms with Gasteiger partial charge < -0.3 is 15.3 Å². The second-order valence-corrected chi connectivity index (χ2v) is 9.13. The molecule has 2 aromatic heterocycles. The fourth-order valence-corrected chi connectivity index (χ4v) is 4.70. The van der Waals surface area contributed by atoms with Gasteiger partial charge in [-0.15, -0.1) is 11.3 Å². The van der Waals surface area contributed by atoms with Gasteiger partial charge in [0.05, 0.1) is 33.7 Å². The van der Waals surface area contributed by atoms with Crippen molar-refractivity contribution < 1.29 is 13.2 Å². The normalized spacial score (nSPS) is 11.5. The van der Waals surface area contributed by atoms with Gasteiger partial charge in [-0.3, -0.25) is 9.52 Å². The average Bonchev–Trinajstić information content (AvgIpc) is 3.29. The van der Waals surface area contributed by atoms with Crippen LogP contribution in [0.4, 0.5) is 5.69 Å². The number of carbonyl (C=O) groups excluding carboxylic acids is 1. The van der Waals surface area contributed by atoms with Gasteiger partial charge in [-0.05, 0) is 37.3 Å². The molecular formula is C19H17N5O4S2. The lowest BCUT2D eigenvalue weighted by Gasteiger charge is -2.12. The number of aryl methyl sites for hydroxylation is 1. The maximum Gasteiger partial charge on any atom is 0.323 e. The van der Waals surface area contributed by atoms with Crippen molar-refractivity contribution in [1.29, 1.82) is 0 Å². The molecule has 0 spiro atoms. The lowest BCUT2D eigenvalue weighted by atomic mass is 10.1. The number of benzene rings is 2. The standard InChI is InChI=1S/C19H17N5O4S2/c1-11-10-29-17(21-11)9-20-18(25)13-4-2-3-5-14(13)24-30(27,28)12-6-7-15-16(8-12)23-19(26)22-15/h2-8,10,24H,9H2,1H3,(H,20,25)(H2,22,23,26). The molecule has 9 nitrogen and oxygen atoms in total. The maximum atomic E-state index is 12.9. The zero-order valence-corrected chi connectivity index (χ0v) is 17.4. The first-order valence-corrected chi connectivity index (χ1v) is 11.2. The van der Waals surface area contributed by atoms with Crippen LogP contribution in [0, 0.1) is 6.92 Å². The molecule has 0 radical (unpaired) electrons. The van der Waals surface area contributed by atoms with Gasteiger partial charge in [0, 0.05) is 11.1 Å². The molecule has 4 aromatic rings. The molecule has 2 aromatic carbocycles. The molecule has 0 aliphatic heterocycles. The lowest BCUT2D eigenvalue weighted by Crippen LogP contribution is -2.25. The molecule has 4 N–H and O–H groups in total. The molecule has 30 heavy (non-hydrogen) atoms. The summed E-state index contributed by atoms with van der Waals surface area (Å²) in [5.41, 5.74) is 1.64. The van der Waals surface area contributed by atoms with Gasteiger partial charge in [-0.2, -0.15) is 0 Å². The molecule has 0 aliphatic carbocycles. The monoisotopic (exact) mass is 443 g/mol. The lowest BCUT2D eigenvalue weighted by molar-refractivity contribution is 0.0951. The summed E-state index contributed by atoms with van der Waals surface area (Å²) in [4.78, 5) is 33.4. The number of fused-ring (bicyclic) bond motifs is 1. The number of thiazole rings is 1. The molecule has 0 bridgehead atoms. The van der Waals surface area contributed by atoms with Crippen LogP contribution in [0.2, 0.25) is 0 Å². The molecule has 1 amide bonds. The van der Waals surface area contributed by atoms with E-state index in [0.717, 1.165) is 10.7 Å². The quantitative estimate of drug-likeness (QED) is 0.363. The van der Waals surface area contributed by atoms with E-state index >= 15 is 0 Å². The minimum absolute atomic E-state index is 0.0429. The number of hydrogen-bond acceptors (Lipinski definition) is 6. The third-order valence-electron chi connectivity index (χ3n) is 4.28. The Hall–Kier alpha value is -3.44. The highest BCUT2D eigenvalue weighted by Gasteiger charge is 2.19. The van der Waals surface area contributed by atoms with Crippen LogP contribution >= 0.6 is 11.3 Å². The molecule has 0 aliphatic rings. The van der Waals surface area contributed by atoms with E-state index in [1.807, 2.05) is 12.3 Å². The minimum atomic E-state index is -3.99. The van der Waals surface area contributed by atoms with Crippen LogP contribution in [0.15, 0.2) is 57.5 Å². The summed E-state index contributed by atoms with van der Waals surface area (Å²) < 4.78 is 28.2. The van der Waals surface area contributed by atoms with Gasteiger partial charge in [-0.25, -0.2) is 18.2 Å². The number of aromatic nitrogens is 3. The van der Waals surface area contributed by atoms with Crippen LogP contribution in [-0.4, -0.2) is 29.3 Å². The van der Waals surface area contributed by atoms with Crippen LogP contribution in [0.3, 0.4) is 0 Å². The van der Waals surface area contributed by atoms with Crippen molar-refractivity contribution in [2.45, 2.75) is 18.4 Å². The summed E-state index contributed by atoms with van der Waals surface area (Å²) in [5.74, 6) is -0.424. The number of para-hydroxylation sites is 1. The molecule has 0 saturated carbocycles. The number of nitrogens with one attached hydrogen (secondary N) is 4. The van der Waals surface area contributed by atoms with E-state index < -0.39 is 21.6 Å². The Bertz CT molecular complexity index is 1400. The Morgan fingerprint density at radius 3 is 2.67 bits per heavy atom. The van der Waals surface area contributed by atoms with Gasteiger partial charge >= 0.3 is 5.69 Å². The highest BCUT2D eigenvalue weighted by atomic mass is 32.2. The van der Waals surface area contributed by atoms with Crippen molar-refractivity contribution in [3.8, 4) is 0 Å². The topological polar surface area (TPSA) is 137 Å². The molecule has 2 heterocycles. The van der Waals surface area contributed by atoms with Crippen LogP contribution < -0.4 is 15.7 Å². The number of amides is 1. The zero-order valence-electron chi connectivity index (χ0n) is 15.7. The van der Waals surface area contributed by atoms with Gasteiger partial charge in [-0.1, -0.05) is 12.1 Å². The fourth-order valence-electron chi connectivity index (χ4n) is 2.89. The Balaban J connectivity index is 1.57. The van der Waals surface area contributed by atoms with E-state index in [2.05, 4.69) is 25.0 Å². The Morgan fingerprint density at radius 2 is 1.90 bits per heavy atom. The molecule has 11 heteroatoms. The molecular weight excluding hydrogens is 426 g/mol. The van der Waals surface area contributed by atoms with E-state index in [0.29, 0.717) is 11.0 Å². The van der Waals surface area contributed by atoms with Crippen molar-refractivity contribution >= 4 is 44.0 Å². The van der Waals surface area contributed by atoms with Gasteiger partial charge in [0.15, 0.2) is 0 Å². The molecule has 154 valence electrons. The van der Waals surface area contributed by atoms with E-state index in [1.165, 1.54) is 41.7 Å². The summed E-state index contributed by atoms with van der Waals surface area (Å²) >= 11 is 1.44. The van der Waals surface area contributed by atoms with Crippen molar-refractivity contribution in [3.63, 3.8) is 0 Å². The van der Waals surface area contributed by atoms with Crippen LogP contribution in [0.25, 0.3) is 11.0 Å². The Kier molecular flexibility index (Phi) is 5.14. The second kappa shape index (κ2) is 7.76. The number of imidazole rings is 1. The van der Waals surface area contributed by atoms with E-state index in [1.54, 1.807) is 12.1 Å². The first kappa shape index (κ1) is 19.9. The third kappa shape index (κ3) is 4.11. The number of nitrogens with zero attached hydrogens (tertiary/aromatic N) is 1. The first-order valence-electron chi connectivity index (χ1n) is 8.85. The van der Waals surface area contributed by atoms with Gasteiger partial charge in [0.25, 0.3) is 15.9 Å². The summed E-state index contributed by atoms with van der Waals surface area (Å²) in [6.45, 7) is 2.11. The number of aromatic amines is 2. The number of carbonyl (C=O) groups is 1. The Morgan fingerprint density at radius 1 is 1.13 bits per heavy atom. The maximum absolute atomic E-state index is 12.9. The summed E-state index contributed by atoms with van der Waals surface area (Å²) in [6, 6.07) is 10.5. The van der Waals surface area contributed by atoms with E-state index in [9.17, 15) is 18.0 Å². The number of H-pyrrole nitrogens is 2. The molecule has 0 fully saturated rings. The average molecular weight is 444 g/mol. The molecule has 0 saturated heterocycles. The summed E-state index contributed by atoms with van der Waals surface area (Å²) in [6.07, 6.45) is 0. The third-order valence-corrected chi connectivity index (χ3v) is 6.61. The predicted octanol–water partition coefficient (Wildman–Crippen LogP) is 2.35. The fraction of sp³-hybridized carbons (Fsp3) is 0.105. The highest BCUT2D eigenvalue weighted by molar-refractivity contribution is 7.92. The van der Waals surface area contributed by atoms with Gasteiger partial charge in [0.2, 0.25) is 0 Å². The van der Waals surface area contributed by atoms with Crippen molar-refractivity contribution in [2.75, 3.05) is 4.72 Å². The Labute approximate surface area is 175 Å². The largest absolute Gasteiger partial charge is 0.345 e. The first-order chi connectivity index (χ1) is 14.3. The number of rotatable bonds is 6. The van der Waals surface area contributed by atoms with Crippen molar-refractivity contribution in [3.05, 3.63) is 74.6 Å². The number of anilines is 1. The van der Waals surface area contributed by atoms with Crippen LogP contribution in [-0.2, 0) is 16.6 Å². The van der Waals surface area contributed by atoms with E-state index in [4.69, 9.17) is 0 Å². The van der Waals surface area contributed by atoms with Crippen LogP contribution in [0.1, 0.15) is 21.1 Å². The number of hydrogen-bond donors (Lipinski definition) is 4. The molecule has 4 rings (SSSR count). The summed E-state index contributed by atoms with van der Waals surface area (Å²) in [5, 5.41) is 5.40. The minimum Gasteiger partial charge on any atom is -0.345 e. The SMILES string of the molecule is Cc1csc(CNC(=O)c2ccccc2NS(=O)(=O)c2ccc3[nH]c(=O)[nH]c3c2)n1. The molecule has 0 atom stereocenters. The van der Waals surface area contributed by atoms with Gasteiger partial charge in [0.1, 0.15) is 5.01 Å². The predicted molar refractivity (Wildman–Crippen MR) is 114 cm³/mol. The van der Waals surface area contributed by atoms with Crippen molar-refractivity contribution in [2.24, 2.45) is 0 Å². The highest BCUT2D eigenvalue weighted by Crippen LogP contribution is 2.22. The summed E-state index contributed by atoms with van der Waals surface area (Å²) in [7, 11) is -3.99. The smallest absolute Gasteiger partial charge is 0.323 e. The second-order valence-electron chi connectivity index (χ2n) is 6.50. The van der Waals surface area contributed by atoms with E-state index in [-0.39, 0.29) is 22.7 Å².